The third-order valence-electron chi connectivity index (χ3n) is 10.6. The lowest BCUT2D eigenvalue weighted by molar-refractivity contribution is -0.141. The summed E-state index contributed by atoms with van der Waals surface area (Å²) in [4.78, 5) is 66.0. The van der Waals surface area contributed by atoms with Gasteiger partial charge in [-0.25, -0.2) is 22.8 Å². The molecule has 2 aromatic heterocycles. The van der Waals surface area contributed by atoms with Crippen LogP contribution in [0.3, 0.4) is 0 Å². The van der Waals surface area contributed by atoms with Gasteiger partial charge in [-0.05, 0) is 71.4 Å². The molecule has 3 aromatic rings. The van der Waals surface area contributed by atoms with E-state index < -0.39 is 74.4 Å². The second-order valence-electron chi connectivity index (χ2n) is 14.5. The number of halogens is 1. The summed E-state index contributed by atoms with van der Waals surface area (Å²) < 4.78 is 53.9. The number of nitrogens with zero attached hydrogens (tertiary/aromatic N) is 4. The SMILES string of the molecule is Cc1nc2cccc(F)c2nc1O[C@@H]1C[C@H]2C(=O)N[C@]3(C(=O)NS(=O)(=O)C4CC4)C[C@H]3/C=C\CCCCC[C@H](NC(=O)c3noc(C)c3C)C(=O)N2C1. The molecule has 1 aromatic carbocycles. The molecule has 282 valence electrons. The quantitative estimate of drug-likeness (QED) is 0.300. The molecule has 5 atom stereocenters. The Morgan fingerprint density at radius 2 is 1.89 bits per heavy atom. The normalized spacial score (nSPS) is 27.1. The van der Waals surface area contributed by atoms with Gasteiger partial charge in [-0.2, -0.15) is 0 Å². The number of carbonyl (C=O) groups excluding carboxylic acids is 4. The standard InChI is InChI=1S/C36H42FN7O8S/c1-19-21(3)52-42-29(19)32(46)39-27-12-8-6-4-5-7-10-22-17-36(22,35(48)43-53(49,50)24-14-15-24)41-31(45)28-16-23(18-44(28)34(27)47)51-33-20(2)38-26-13-9-11-25(37)30(26)40-33/h7,9-11,13,22-24,27-28H,4-6,8,12,14-18H2,1-3H3,(H,39,46)(H,41,45)(H,43,48)/b10-7-/t22-,23-,27+,28+,36-/m1/s1. The zero-order chi connectivity index (χ0) is 37.7. The number of hydrogen-bond donors (Lipinski definition) is 3. The smallest absolute Gasteiger partial charge is 0.274 e. The minimum Gasteiger partial charge on any atom is -0.471 e. The minimum absolute atomic E-state index is 0.00198. The average molecular weight is 752 g/mol. The van der Waals surface area contributed by atoms with Crippen LogP contribution in [0.4, 0.5) is 4.39 Å². The highest BCUT2D eigenvalue weighted by Gasteiger charge is 2.62. The maximum Gasteiger partial charge on any atom is 0.274 e. The summed E-state index contributed by atoms with van der Waals surface area (Å²) in [7, 11) is -3.92. The fraction of sp³-hybridized carbons (Fsp3) is 0.528. The van der Waals surface area contributed by atoms with Crippen LogP contribution in [0.5, 0.6) is 5.88 Å². The highest BCUT2D eigenvalue weighted by Crippen LogP contribution is 2.46. The monoisotopic (exact) mass is 751 g/mol. The van der Waals surface area contributed by atoms with Gasteiger partial charge in [0.2, 0.25) is 27.7 Å². The molecule has 0 radical (unpaired) electrons. The van der Waals surface area contributed by atoms with Crippen LogP contribution in [-0.2, 0) is 24.4 Å². The van der Waals surface area contributed by atoms with Crippen molar-refractivity contribution in [3.63, 3.8) is 0 Å². The van der Waals surface area contributed by atoms with Crippen LogP contribution in [0.2, 0.25) is 0 Å². The first-order valence-corrected chi connectivity index (χ1v) is 19.5. The van der Waals surface area contributed by atoms with E-state index in [-0.39, 0.29) is 42.9 Å². The van der Waals surface area contributed by atoms with Crippen molar-refractivity contribution in [2.75, 3.05) is 6.54 Å². The fourth-order valence-electron chi connectivity index (χ4n) is 7.09. The summed E-state index contributed by atoms with van der Waals surface area (Å²) in [6.07, 6.45) is 6.96. The molecule has 4 aliphatic rings. The molecule has 0 unspecified atom stereocenters. The van der Waals surface area contributed by atoms with Gasteiger partial charge in [0.15, 0.2) is 11.5 Å². The molecule has 2 aliphatic heterocycles. The summed E-state index contributed by atoms with van der Waals surface area (Å²) in [5.41, 5.74) is -0.276. The van der Waals surface area contributed by atoms with Crippen molar-refractivity contribution >= 4 is 44.7 Å². The molecule has 0 spiro atoms. The van der Waals surface area contributed by atoms with E-state index in [0.717, 1.165) is 12.8 Å². The van der Waals surface area contributed by atoms with Gasteiger partial charge in [-0.1, -0.05) is 36.2 Å². The van der Waals surface area contributed by atoms with E-state index in [9.17, 15) is 32.0 Å². The minimum atomic E-state index is -3.92. The Morgan fingerprint density at radius 1 is 1.09 bits per heavy atom. The third-order valence-corrected chi connectivity index (χ3v) is 12.4. The molecule has 17 heteroatoms. The van der Waals surface area contributed by atoms with Crippen LogP contribution in [0.25, 0.3) is 11.0 Å². The van der Waals surface area contributed by atoms with Crippen molar-refractivity contribution in [3.8, 4) is 5.88 Å². The van der Waals surface area contributed by atoms with E-state index in [1.807, 2.05) is 12.2 Å². The van der Waals surface area contributed by atoms with E-state index in [2.05, 4.69) is 30.5 Å². The number of fused-ring (bicyclic) bond motifs is 3. The van der Waals surface area contributed by atoms with Crippen molar-refractivity contribution in [1.29, 1.82) is 0 Å². The predicted molar refractivity (Wildman–Crippen MR) is 187 cm³/mol. The highest BCUT2D eigenvalue weighted by atomic mass is 32.2. The van der Waals surface area contributed by atoms with Crippen LogP contribution in [0.1, 0.15) is 85.3 Å². The molecule has 3 N–H and O–H groups in total. The molecule has 0 bridgehead atoms. The molecule has 2 saturated carbocycles. The van der Waals surface area contributed by atoms with Gasteiger partial charge in [0.1, 0.15) is 40.7 Å². The lowest BCUT2D eigenvalue weighted by Crippen LogP contribution is -2.58. The maximum atomic E-state index is 14.7. The van der Waals surface area contributed by atoms with Gasteiger partial charge >= 0.3 is 0 Å². The van der Waals surface area contributed by atoms with Crippen LogP contribution in [-0.4, -0.2) is 87.6 Å². The number of aryl methyl sites for hydroxylation is 2. The number of amides is 4. The number of allylic oxidation sites excluding steroid dienone is 1. The summed E-state index contributed by atoms with van der Waals surface area (Å²) >= 11 is 0. The van der Waals surface area contributed by atoms with Crippen molar-refractivity contribution in [2.45, 2.75) is 108 Å². The molecule has 3 fully saturated rings. The zero-order valence-corrected chi connectivity index (χ0v) is 30.5. The number of aromatic nitrogens is 3. The number of para-hydroxylation sites is 1. The predicted octanol–water partition coefficient (Wildman–Crippen LogP) is 2.83. The number of carbonyl (C=O) groups is 4. The van der Waals surface area contributed by atoms with Crippen LogP contribution in [0, 0.1) is 32.5 Å². The summed E-state index contributed by atoms with van der Waals surface area (Å²) in [5, 5.41) is 8.85. The van der Waals surface area contributed by atoms with Gasteiger partial charge in [-0.15, -0.1) is 0 Å². The topological polar surface area (TPSA) is 203 Å². The first-order chi connectivity index (χ1) is 25.3. The Kier molecular flexibility index (Phi) is 9.72. The van der Waals surface area contributed by atoms with Gasteiger partial charge in [0, 0.05) is 17.9 Å². The summed E-state index contributed by atoms with van der Waals surface area (Å²) in [6, 6.07) is 2.15. The fourth-order valence-corrected chi connectivity index (χ4v) is 8.45. The summed E-state index contributed by atoms with van der Waals surface area (Å²) in [5.74, 6) is -3.24. The van der Waals surface area contributed by atoms with Crippen LogP contribution < -0.4 is 20.1 Å². The van der Waals surface area contributed by atoms with Crippen molar-refractivity contribution in [3.05, 3.63) is 58.9 Å². The molecule has 1 saturated heterocycles. The highest BCUT2D eigenvalue weighted by molar-refractivity contribution is 7.91. The van der Waals surface area contributed by atoms with Gasteiger partial charge in [-0.3, -0.25) is 23.9 Å². The number of sulfonamides is 1. The molecule has 2 aliphatic carbocycles. The van der Waals surface area contributed by atoms with Gasteiger partial charge in [0.05, 0.1) is 17.3 Å². The first kappa shape index (κ1) is 36.4. The van der Waals surface area contributed by atoms with Crippen molar-refractivity contribution in [1.82, 2.24) is 35.4 Å². The van der Waals surface area contributed by atoms with Crippen molar-refractivity contribution < 1.29 is 41.2 Å². The van der Waals surface area contributed by atoms with Gasteiger partial charge in [0.25, 0.3) is 11.8 Å². The zero-order valence-electron chi connectivity index (χ0n) is 29.7. The Labute approximate surface area is 305 Å². The Balaban J connectivity index is 1.20. The molecule has 7 rings (SSSR count). The average Bonchev–Trinajstić information content (AvgIpc) is 4.02. The second-order valence-corrected chi connectivity index (χ2v) is 16.4. The number of hydrogen-bond acceptors (Lipinski definition) is 11. The maximum absolute atomic E-state index is 14.7. The Bertz CT molecular complexity index is 2120. The van der Waals surface area contributed by atoms with E-state index in [1.54, 1.807) is 26.8 Å². The number of nitrogens with one attached hydrogen (secondary N) is 3. The Morgan fingerprint density at radius 3 is 2.62 bits per heavy atom. The third kappa shape index (κ3) is 7.35. The lowest BCUT2D eigenvalue weighted by Gasteiger charge is -2.29. The molecule has 4 heterocycles. The van der Waals surface area contributed by atoms with Crippen molar-refractivity contribution in [2.24, 2.45) is 5.92 Å². The van der Waals surface area contributed by atoms with E-state index in [4.69, 9.17) is 9.26 Å². The van der Waals surface area contributed by atoms with Gasteiger partial charge < -0.3 is 24.8 Å². The molecule has 4 amide bonds. The lowest BCUT2D eigenvalue weighted by atomic mass is 10.0. The number of benzene rings is 1. The first-order valence-electron chi connectivity index (χ1n) is 18.0. The van der Waals surface area contributed by atoms with E-state index >= 15 is 0 Å². The molecule has 15 nitrogen and oxygen atoms in total. The van der Waals surface area contributed by atoms with Crippen LogP contribution >= 0.6 is 0 Å². The molecule has 53 heavy (non-hydrogen) atoms. The van der Waals surface area contributed by atoms with Crippen LogP contribution in [0.15, 0.2) is 34.9 Å². The van der Waals surface area contributed by atoms with E-state index in [0.29, 0.717) is 48.2 Å². The Hall–Kier alpha value is -4.93. The summed E-state index contributed by atoms with van der Waals surface area (Å²) in [6.45, 7) is 4.90. The van der Waals surface area contributed by atoms with E-state index in [1.165, 1.54) is 17.0 Å². The number of rotatable bonds is 7. The molecular weight excluding hydrogens is 710 g/mol. The largest absolute Gasteiger partial charge is 0.471 e. The number of ether oxygens (including phenoxy) is 1. The second kappa shape index (κ2) is 14.1. The molecular formula is C36H42FN7O8S.